The van der Waals surface area contributed by atoms with Crippen molar-refractivity contribution in [2.24, 2.45) is 0 Å². The number of amides is 2. The number of hydrogen-bond donors (Lipinski definition) is 0. The van der Waals surface area contributed by atoms with Crippen LogP contribution in [0.25, 0.3) is 4.84 Å². The molecule has 0 bridgehead atoms. The van der Waals surface area contributed by atoms with Crippen molar-refractivity contribution in [2.45, 2.75) is 0 Å². The van der Waals surface area contributed by atoms with Crippen LogP contribution in [-0.2, 0) is 17.1 Å². The molecule has 0 aromatic heterocycles. The van der Waals surface area contributed by atoms with Gasteiger partial charge in [-0.3, -0.25) is 8.73 Å². The minimum atomic E-state index is -0.898. The van der Waals surface area contributed by atoms with E-state index >= 15 is 0 Å². The summed E-state index contributed by atoms with van der Waals surface area (Å²) in [6.45, 7) is 0. The smallest absolute Gasteiger partial charge is 0.191 e. The summed E-state index contributed by atoms with van der Waals surface area (Å²) in [5, 5.41) is 0. The SMILES string of the molecule is O=C([N-]Cl)N(Cl)Cl.[Fe]. The Morgan fingerprint density at radius 1 is 1.50 bits per heavy atom. The van der Waals surface area contributed by atoms with Crippen molar-refractivity contribution in [3.8, 4) is 0 Å². The molecule has 0 rings (SSSR count). The van der Waals surface area contributed by atoms with Crippen molar-refractivity contribution in [2.75, 3.05) is 0 Å². The Morgan fingerprint density at radius 3 is 1.88 bits per heavy atom. The van der Waals surface area contributed by atoms with Gasteiger partial charge in [-0.05, 0) is 0 Å². The maximum atomic E-state index is 9.88. The third-order valence-corrected chi connectivity index (χ3v) is 0.651. The largest absolute Gasteiger partial charge is 0.340 e. The first-order valence-corrected chi connectivity index (χ1v) is 2.17. The summed E-state index contributed by atoms with van der Waals surface area (Å²) in [4.78, 5) is 12.5. The number of hydrogen-bond acceptors (Lipinski definition) is 1. The number of carbonyl (C=O) groups is 1. The fraction of sp³-hybridized carbons (Fsp3) is 0. The molecule has 0 radical (unpaired) electrons. The average molecular weight is 218 g/mol. The van der Waals surface area contributed by atoms with E-state index in [-0.39, 0.29) is 21.0 Å². The van der Waals surface area contributed by atoms with Gasteiger partial charge in [0.15, 0.2) is 6.03 Å². The molecule has 0 atom stereocenters. The molecule has 0 unspecified atom stereocenters. The first kappa shape index (κ1) is 11.5. The number of halogens is 3. The van der Waals surface area contributed by atoms with Gasteiger partial charge in [0.2, 0.25) is 0 Å². The maximum absolute atomic E-state index is 9.88. The van der Waals surface area contributed by atoms with Crippen LogP contribution >= 0.6 is 35.3 Å². The second kappa shape index (κ2) is 5.79. The summed E-state index contributed by atoms with van der Waals surface area (Å²) in [5.41, 5.74) is 0. The second-order valence-electron chi connectivity index (χ2n) is 0.600. The zero-order valence-corrected chi connectivity index (χ0v) is 6.66. The van der Waals surface area contributed by atoms with Gasteiger partial charge in [-0.1, -0.05) is 35.3 Å². The molecule has 50 valence electrons. The summed E-state index contributed by atoms with van der Waals surface area (Å²) in [6, 6.07) is -0.898. The van der Waals surface area contributed by atoms with E-state index in [2.05, 4.69) is 16.6 Å². The van der Waals surface area contributed by atoms with Crippen molar-refractivity contribution in [1.29, 1.82) is 0 Å². The van der Waals surface area contributed by atoms with Crippen molar-refractivity contribution >= 4 is 41.4 Å². The molecule has 0 aliphatic carbocycles. The molecule has 0 aliphatic heterocycles. The van der Waals surface area contributed by atoms with Crippen LogP contribution in [0.2, 0.25) is 0 Å². The Bertz CT molecular complexity index is 77.7. The van der Waals surface area contributed by atoms with Gasteiger partial charge in [0.1, 0.15) is 0 Å². The number of carbonyl (C=O) groups excluding carboxylic acids is 1. The summed E-state index contributed by atoms with van der Waals surface area (Å²) < 4.78 is 0.229. The topological polar surface area (TPSA) is 34.4 Å². The fourth-order valence-electron chi connectivity index (χ4n) is 0.0286. The summed E-state index contributed by atoms with van der Waals surface area (Å²) in [5.74, 6) is 0. The molecular formula is CCl3FeN2O-. The van der Waals surface area contributed by atoms with Gasteiger partial charge in [-0.2, -0.15) is 0 Å². The van der Waals surface area contributed by atoms with Gasteiger partial charge in [0.05, 0.1) is 0 Å². The summed E-state index contributed by atoms with van der Waals surface area (Å²) >= 11 is 14.2. The van der Waals surface area contributed by atoms with E-state index in [0.29, 0.717) is 0 Å². The van der Waals surface area contributed by atoms with E-state index in [1.165, 1.54) is 0 Å². The standard InChI is InChI=1S/CHCl3N2O.Fe/c2-5-1(7)6(3)4;/h(H,5,7);/p-1. The van der Waals surface area contributed by atoms with Crippen molar-refractivity contribution in [3.63, 3.8) is 0 Å². The van der Waals surface area contributed by atoms with Crippen LogP contribution in [0.5, 0.6) is 0 Å². The van der Waals surface area contributed by atoms with E-state index in [4.69, 9.17) is 23.6 Å². The molecular weight excluding hydrogens is 218 g/mol. The third-order valence-electron chi connectivity index (χ3n) is 0.217. The molecule has 3 nitrogen and oxygen atoms in total. The zero-order chi connectivity index (χ0) is 5.86. The second-order valence-corrected chi connectivity index (χ2v) is 1.62. The van der Waals surface area contributed by atoms with E-state index in [1.807, 2.05) is 0 Å². The molecule has 0 spiro atoms. The number of rotatable bonds is 0. The molecule has 0 fully saturated rings. The quantitative estimate of drug-likeness (QED) is 0.453. The normalized spacial score (nSPS) is 6.88. The Balaban J connectivity index is 0. The van der Waals surface area contributed by atoms with Crippen molar-refractivity contribution in [3.05, 3.63) is 4.84 Å². The Labute approximate surface area is 72.1 Å². The van der Waals surface area contributed by atoms with Crippen LogP contribution in [-0.4, -0.2) is 9.97 Å². The molecule has 0 aromatic carbocycles. The Kier molecular flexibility index (Phi) is 8.29. The maximum Gasteiger partial charge on any atom is 0.191 e. The van der Waals surface area contributed by atoms with Crippen LogP contribution in [0.3, 0.4) is 0 Å². The van der Waals surface area contributed by atoms with Crippen LogP contribution in [0, 0.1) is 0 Å². The predicted octanol–water partition coefficient (Wildman–Crippen LogP) is 2.24. The van der Waals surface area contributed by atoms with E-state index in [9.17, 15) is 4.79 Å². The van der Waals surface area contributed by atoms with Crippen LogP contribution in [0.4, 0.5) is 4.79 Å². The van der Waals surface area contributed by atoms with Gasteiger partial charge >= 0.3 is 0 Å². The van der Waals surface area contributed by atoms with Gasteiger partial charge in [0.25, 0.3) is 0 Å². The Morgan fingerprint density at radius 2 is 1.88 bits per heavy atom. The number of urea groups is 1. The van der Waals surface area contributed by atoms with E-state index < -0.39 is 6.03 Å². The first-order valence-electron chi connectivity index (χ1n) is 1.16. The number of nitrogens with zero attached hydrogens (tertiary/aromatic N) is 2. The predicted molar refractivity (Wildman–Crippen MR) is 28.2 cm³/mol. The van der Waals surface area contributed by atoms with Crippen LogP contribution in [0.1, 0.15) is 0 Å². The Hall–Kier alpha value is 0.659. The van der Waals surface area contributed by atoms with E-state index in [0.717, 1.165) is 0 Å². The fourth-order valence-corrected chi connectivity index (χ4v) is 0.257. The molecule has 2 amide bonds. The molecule has 0 N–H and O–H groups in total. The average Bonchev–Trinajstić information content (AvgIpc) is 1.65. The van der Waals surface area contributed by atoms with Crippen LogP contribution in [0.15, 0.2) is 0 Å². The summed E-state index contributed by atoms with van der Waals surface area (Å²) in [6.07, 6.45) is 0. The molecule has 0 aliphatic rings. The third kappa shape index (κ3) is 4.81. The minimum absolute atomic E-state index is 0. The molecule has 0 aromatic rings. The van der Waals surface area contributed by atoms with Crippen molar-refractivity contribution in [1.82, 2.24) is 3.94 Å². The summed E-state index contributed by atoms with van der Waals surface area (Å²) in [7, 11) is 0. The molecule has 0 saturated heterocycles. The van der Waals surface area contributed by atoms with E-state index in [1.54, 1.807) is 0 Å². The van der Waals surface area contributed by atoms with Gasteiger partial charge in [-0.25, -0.2) is 0 Å². The zero-order valence-electron chi connectivity index (χ0n) is 3.29. The van der Waals surface area contributed by atoms with Gasteiger partial charge < -0.3 is 4.84 Å². The molecule has 0 saturated carbocycles. The monoisotopic (exact) mass is 217 g/mol. The van der Waals surface area contributed by atoms with Crippen molar-refractivity contribution < 1.29 is 21.9 Å². The van der Waals surface area contributed by atoms with Gasteiger partial charge in [0, 0.05) is 17.1 Å². The molecule has 0 heterocycles. The minimum Gasteiger partial charge on any atom is -0.340 e. The first-order chi connectivity index (χ1) is 3.18. The van der Waals surface area contributed by atoms with Gasteiger partial charge in [-0.15, -0.1) is 0 Å². The molecule has 7 heteroatoms. The van der Waals surface area contributed by atoms with Crippen LogP contribution < -0.4 is 0 Å². The molecule has 8 heavy (non-hydrogen) atoms.